The largest absolute Gasteiger partial charge is 0.493 e. The van der Waals surface area contributed by atoms with Crippen molar-refractivity contribution in [2.45, 2.75) is 13.0 Å². The van der Waals surface area contributed by atoms with Crippen LogP contribution in [0.4, 0.5) is 0 Å². The van der Waals surface area contributed by atoms with E-state index in [0.717, 1.165) is 5.56 Å². The molecule has 1 amide bonds. The highest BCUT2D eigenvalue weighted by Crippen LogP contribution is 2.29. The molecule has 1 saturated heterocycles. The number of nitrogens with zero attached hydrogens (tertiary/aromatic N) is 3. The summed E-state index contributed by atoms with van der Waals surface area (Å²) in [5.41, 5.74) is 0.764. The first kappa shape index (κ1) is 22.5. The van der Waals surface area contributed by atoms with E-state index in [0.29, 0.717) is 37.7 Å². The van der Waals surface area contributed by atoms with Crippen LogP contribution in [0.1, 0.15) is 18.5 Å². The van der Waals surface area contributed by atoms with Crippen LogP contribution < -0.4 is 14.8 Å². The number of nitrogens with one attached hydrogen (secondary N) is 1. The molecule has 1 fully saturated rings. The van der Waals surface area contributed by atoms with E-state index in [1.165, 1.54) is 23.9 Å². The topological polar surface area (TPSA) is 112 Å². The minimum absolute atomic E-state index is 0.0369. The van der Waals surface area contributed by atoms with E-state index in [9.17, 15) is 18.5 Å². The van der Waals surface area contributed by atoms with Crippen molar-refractivity contribution >= 4 is 15.9 Å². The molecule has 0 spiro atoms. The molecular weight excluding hydrogens is 396 g/mol. The van der Waals surface area contributed by atoms with Crippen LogP contribution in [0.3, 0.4) is 0 Å². The summed E-state index contributed by atoms with van der Waals surface area (Å²) in [6, 6.07) is 6.89. The van der Waals surface area contributed by atoms with Crippen LogP contribution in [0, 0.1) is 11.3 Å². The number of carbonyl (C=O) groups excluding carboxylic acids is 1. The van der Waals surface area contributed by atoms with Crippen LogP contribution >= 0.6 is 0 Å². The van der Waals surface area contributed by atoms with Crippen molar-refractivity contribution in [2.75, 3.05) is 46.7 Å². The predicted molar refractivity (Wildman–Crippen MR) is 108 cm³/mol. The van der Waals surface area contributed by atoms with Gasteiger partial charge in [-0.3, -0.25) is 4.79 Å². The van der Waals surface area contributed by atoms with Crippen LogP contribution in [0.2, 0.25) is 0 Å². The number of hydrogen-bond acceptors (Lipinski definition) is 7. The minimum Gasteiger partial charge on any atom is -0.493 e. The predicted octanol–water partition coefficient (Wildman–Crippen LogP) is 0.866. The molecule has 2 rings (SSSR count). The molecule has 1 aliphatic heterocycles. The molecule has 1 aliphatic rings. The fourth-order valence-electron chi connectivity index (χ4n) is 2.97. The van der Waals surface area contributed by atoms with Crippen molar-refractivity contribution < 1.29 is 22.7 Å². The van der Waals surface area contributed by atoms with E-state index >= 15 is 0 Å². The highest BCUT2D eigenvalue weighted by Gasteiger charge is 2.23. The Balaban J connectivity index is 2.04. The van der Waals surface area contributed by atoms with Gasteiger partial charge in [0.05, 0.1) is 26.5 Å². The summed E-state index contributed by atoms with van der Waals surface area (Å²) in [4.78, 5) is 14.3. The number of hydrogen-bond donors (Lipinski definition) is 1. The number of amides is 1. The molecule has 0 saturated carbocycles. The Morgan fingerprint density at radius 3 is 2.34 bits per heavy atom. The van der Waals surface area contributed by atoms with Crippen LogP contribution in [-0.4, -0.2) is 70.2 Å². The van der Waals surface area contributed by atoms with E-state index in [1.54, 1.807) is 31.1 Å². The Bertz CT molecular complexity index is 915. The summed E-state index contributed by atoms with van der Waals surface area (Å²) in [6.07, 6.45) is 2.65. The number of rotatable bonds is 7. The third-order valence-corrected chi connectivity index (χ3v) is 5.98. The number of ether oxygens (including phenoxy) is 2. The van der Waals surface area contributed by atoms with Crippen molar-refractivity contribution in [2.24, 2.45) is 0 Å². The van der Waals surface area contributed by atoms with Gasteiger partial charge in [-0.2, -0.15) is 9.57 Å². The molecule has 1 aromatic carbocycles. The van der Waals surface area contributed by atoms with Crippen LogP contribution in [0.15, 0.2) is 30.0 Å². The molecule has 0 radical (unpaired) electrons. The molecule has 1 aromatic rings. The van der Waals surface area contributed by atoms with E-state index in [-0.39, 0.29) is 11.6 Å². The maximum atomic E-state index is 12.5. The van der Waals surface area contributed by atoms with Crippen molar-refractivity contribution in [1.82, 2.24) is 14.5 Å². The Morgan fingerprint density at radius 1 is 1.21 bits per heavy atom. The average molecular weight is 423 g/mol. The zero-order valence-electron chi connectivity index (χ0n) is 17.0. The Kier molecular flexibility index (Phi) is 7.47. The molecule has 1 N–H and O–H groups in total. The number of methoxy groups -OCH3 is 2. The van der Waals surface area contributed by atoms with E-state index in [4.69, 9.17) is 9.47 Å². The molecule has 158 valence electrons. The molecule has 0 aromatic heterocycles. The summed E-state index contributed by atoms with van der Waals surface area (Å²) >= 11 is 0. The quantitative estimate of drug-likeness (QED) is 0.512. The molecule has 0 aliphatic carbocycles. The first-order chi connectivity index (χ1) is 13.7. The summed E-state index contributed by atoms with van der Waals surface area (Å²) in [7, 11) is -0.158. The minimum atomic E-state index is -3.23. The lowest BCUT2D eigenvalue weighted by atomic mass is 10.1. The normalized spacial score (nSPS) is 16.7. The number of benzene rings is 1. The third kappa shape index (κ3) is 5.85. The Labute approximate surface area is 171 Å². The molecule has 1 unspecified atom stereocenters. The second-order valence-corrected chi connectivity index (χ2v) is 8.64. The lowest BCUT2D eigenvalue weighted by molar-refractivity contribution is -0.117. The molecule has 1 heterocycles. The van der Waals surface area contributed by atoms with Gasteiger partial charge in [-0.1, -0.05) is 6.07 Å². The van der Waals surface area contributed by atoms with Crippen molar-refractivity contribution in [1.29, 1.82) is 5.26 Å². The van der Waals surface area contributed by atoms with Crippen LogP contribution in [0.5, 0.6) is 11.5 Å². The lowest BCUT2D eigenvalue weighted by Gasteiger charge is -2.32. The second kappa shape index (κ2) is 9.62. The van der Waals surface area contributed by atoms with Gasteiger partial charge in [-0.25, -0.2) is 8.42 Å². The molecule has 0 bridgehead atoms. The average Bonchev–Trinajstić information content (AvgIpc) is 2.70. The Hall–Kier alpha value is -2.77. The van der Waals surface area contributed by atoms with Gasteiger partial charge in [0.25, 0.3) is 5.91 Å². The highest BCUT2D eigenvalue weighted by molar-refractivity contribution is 7.88. The Morgan fingerprint density at radius 2 is 1.83 bits per heavy atom. The maximum absolute atomic E-state index is 12.5. The molecular formula is C19H26N4O5S. The second-order valence-electron chi connectivity index (χ2n) is 6.66. The highest BCUT2D eigenvalue weighted by atomic mass is 32.2. The maximum Gasteiger partial charge on any atom is 0.263 e. The number of nitriles is 1. The van der Waals surface area contributed by atoms with Gasteiger partial charge < -0.3 is 19.7 Å². The molecule has 1 atom stereocenters. The lowest BCUT2D eigenvalue weighted by Crippen LogP contribution is -2.46. The van der Waals surface area contributed by atoms with E-state index < -0.39 is 15.9 Å². The fourth-order valence-corrected chi connectivity index (χ4v) is 3.79. The number of piperazine rings is 1. The monoisotopic (exact) mass is 422 g/mol. The summed E-state index contributed by atoms with van der Waals surface area (Å²) in [5.74, 6) is 0.631. The third-order valence-electron chi connectivity index (χ3n) is 4.67. The smallest absolute Gasteiger partial charge is 0.263 e. The number of carbonyl (C=O) groups is 1. The van der Waals surface area contributed by atoms with E-state index in [1.807, 2.05) is 12.1 Å². The van der Waals surface area contributed by atoms with Gasteiger partial charge in [0.2, 0.25) is 10.0 Å². The van der Waals surface area contributed by atoms with E-state index in [2.05, 4.69) is 5.32 Å². The van der Waals surface area contributed by atoms with Crippen molar-refractivity contribution in [3.05, 3.63) is 35.5 Å². The summed E-state index contributed by atoms with van der Waals surface area (Å²) < 4.78 is 35.0. The molecule has 10 heteroatoms. The first-order valence-corrected chi connectivity index (χ1v) is 10.9. The van der Waals surface area contributed by atoms with Gasteiger partial charge in [-0.15, -0.1) is 0 Å². The van der Waals surface area contributed by atoms with Crippen LogP contribution in [0.25, 0.3) is 0 Å². The van der Waals surface area contributed by atoms with Gasteiger partial charge in [0.15, 0.2) is 11.5 Å². The molecule has 9 nitrogen and oxygen atoms in total. The van der Waals surface area contributed by atoms with Crippen molar-refractivity contribution in [3.8, 4) is 17.6 Å². The first-order valence-electron chi connectivity index (χ1n) is 9.03. The summed E-state index contributed by atoms with van der Waals surface area (Å²) in [6.45, 7) is 3.27. The van der Waals surface area contributed by atoms with Gasteiger partial charge >= 0.3 is 0 Å². The molecule has 29 heavy (non-hydrogen) atoms. The van der Waals surface area contributed by atoms with Gasteiger partial charge in [0, 0.05) is 32.4 Å². The SMILES string of the molecule is COc1ccc(C(C)NC(=O)/C(C#N)=C\N2CCN(S(C)(=O)=O)CC2)cc1OC. The summed E-state index contributed by atoms with van der Waals surface area (Å²) in [5, 5.41) is 12.2. The zero-order valence-corrected chi connectivity index (χ0v) is 17.8. The van der Waals surface area contributed by atoms with Crippen LogP contribution in [-0.2, 0) is 14.8 Å². The van der Waals surface area contributed by atoms with Gasteiger partial charge in [-0.05, 0) is 24.6 Å². The zero-order chi connectivity index (χ0) is 21.6. The van der Waals surface area contributed by atoms with Gasteiger partial charge in [0.1, 0.15) is 11.6 Å². The standard InChI is InChI=1S/C19H26N4O5S/c1-14(15-5-6-17(27-2)18(11-15)28-3)21-19(24)16(12-20)13-22-7-9-23(10-8-22)29(4,25)26/h5-6,11,13-14H,7-10H2,1-4H3,(H,21,24)/b16-13-. The number of sulfonamides is 1. The fraction of sp³-hybridized carbons (Fsp3) is 0.474. The van der Waals surface area contributed by atoms with Crippen molar-refractivity contribution in [3.63, 3.8) is 0 Å².